The van der Waals surface area contributed by atoms with Crippen molar-refractivity contribution in [3.05, 3.63) is 0 Å². The van der Waals surface area contributed by atoms with Crippen LogP contribution in [0.2, 0.25) is 0 Å². The molecular formula is C72H176O4. The molecule has 0 fully saturated rings. The van der Waals surface area contributed by atoms with Gasteiger partial charge in [0.1, 0.15) is 0 Å². The summed E-state index contributed by atoms with van der Waals surface area (Å²) in [5.41, 5.74) is 0. The minimum absolute atomic E-state index is 0. The van der Waals surface area contributed by atoms with E-state index in [2.05, 4.69) is 166 Å². The van der Waals surface area contributed by atoms with Crippen molar-refractivity contribution in [3.63, 3.8) is 0 Å². The Labute approximate surface area is 494 Å². The molecule has 488 valence electrons. The first-order valence-corrected chi connectivity index (χ1v) is 35.0. The van der Waals surface area contributed by atoms with Crippen LogP contribution in [-0.4, -0.2) is 21.9 Å². The van der Waals surface area contributed by atoms with Crippen molar-refractivity contribution in [1.29, 1.82) is 0 Å². The van der Waals surface area contributed by atoms with Gasteiger partial charge in [-0.05, 0) is 0 Å². The highest BCUT2D eigenvalue weighted by Gasteiger charge is 1.81. The van der Waals surface area contributed by atoms with E-state index in [9.17, 15) is 0 Å². The molecule has 0 heterocycles. The molecule has 0 aromatic carbocycles. The van der Waals surface area contributed by atoms with E-state index in [1.807, 2.05) is 0 Å². The summed E-state index contributed by atoms with van der Waals surface area (Å²) in [4.78, 5) is 0. The summed E-state index contributed by atoms with van der Waals surface area (Å²) in [5, 5.41) is 0. The quantitative estimate of drug-likeness (QED) is 0.0554. The fraction of sp³-hybridized carbons (Fsp3) is 1.00. The summed E-state index contributed by atoms with van der Waals surface area (Å²) in [5.74, 6) is 0. The van der Waals surface area contributed by atoms with Crippen LogP contribution in [-0.2, 0) is 0 Å². The maximum absolute atomic E-state index is 2.23. The zero-order chi connectivity index (χ0) is 57.9. The molecule has 0 saturated heterocycles. The highest BCUT2D eigenvalue weighted by atomic mass is 16.0. The second-order valence-electron chi connectivity index (χ2n) is 20.5. The van der Waals surface area contributed by atoms with Gasteiger partial charge >= 0.3 is 0 Å². The van der Waals surface area contributed by atoms with Gasteiger partial charge in [-0.25, -0.2) is 0 Å². The first-order chi connectivity index (χ1) is 35.0. The number of hydrogen-bond donors (Lipinski definition) is 0. The van der Waals surface area contributed by atoms with Crippen LogP contribution < -0.4 is 0 Å². The average Bonchev–Trinajstić information content (AvgIpc) is 3.42. The van der Waals surface area contributed by atoms with Crippen molar-refractivity contribution >= 4 is 0 Å². The van der Waals surface area contributed by atoms with E-state index in [0.717, 1.165) is 0 Å². The molecule has 0 aliphatic heterocycles. The molecule has 0 unspecified atom stereocenters. The molecule has 4 nitrogen and oxygen atoms in total. The van der Waals surface area contributed by atoms with E-state index in [4.69, 9.17) is 0 Å². The van der Waals surface area contributed by atoms with Crippen molar-refractivity contribution < 1.29 is 21.9 Å². The van der Waals surface area contributed by atoms with Crippen molar-refractivity contribution in [3.8, 4) is 0 Å². The molecule has 0 radical (unpaired) electrons. The number of rotatable bonds is 36. The summed E-state index contributed by atoms with van der Waals surface area (Å²) in [6.07, 6.45) is 66.4. The molecule has 0 aliphatic rings. The predicted octanol–water partition coefficient (Wildman–Crippen LogP) is 27.7. The van der Waals surface area contributed by atoms with Crippen molar-refractivity contribution in [2.45, 2.75) is 474 Å². The molecule has 0 amide bonds. The standard InChI is InChI=1S/12C6H14.4H2O/c12*1-3-5-6-4-2;;;;/h12*3-6H2,1-2H3;4*1H2. The Hall–Kier alpha value is -0.160. The fourth-order valence-corrected chi connectivity index (χ4v) is 6.00. The van der Waals surface area contributed by atoms with Gasteiger partial charge in [0.15, 0.2) is 0 Å². The van der Waals surface area contributed by atoms with E-state index in [1.165, 1.54) is 308 Å². The summed E-state index contributed by atoms with van der Waals surface area (Å²) >= 11 is 0. The summed E-state index contributed by atoms with van der Waals surface area (Å²) in [6.45, 7) is 53.6. The maximum Gasteiger partial charge on any atom is -0.0536 e. The molecule has 8 N–H and O–H groups in total. The molecule has 0 saturated carbocycles. The van der Waals surface area contributed by atoms with Crippen molar-refractivity contribution in [2.75, 3.05) is 0 Å². The van der Waals surface area contributed by atoms with Gasteiger partial charge in [-0.1, -0.05) is 474 Å². The predicted molar refractivity (Wildman–Crippen MR) is 372 cm³/mol. The first kappa shape index (κ1) is 119. The lowest BCUT2D eigenvalue weighted by Gasteiger charge is -1.86. The molecule has 4 heteroatoms. The van der Waals surface area contributed by atoms with Crippen LogP contribution >= 0.6 is 0 Å². The van der Waals surface area contributed by atoms with Gasteiger partial charge in [0.05, 0.1) is 0 Å². The van der Waals surface area contributed by atoms with Crippen LogP contribution in [0.3, 0.4) is 0 Å². The molecule has 0 atom stereocenters. The zero-order valence-electron chi connectivity index (χ0n) is 59.9. The zero-order valence-corrected chi connectivity index (χ0v) is 59.9. The third-order valence-corrected chi connectivity index (χ3v) is 11.5. The lowest BCUT2D eigenvalue weighted by Crippen LogP contribution is -1.66. The Morgan fingerprint density at radius 2 is 0.105 bits per heavy atom. The third kappa shape index (κ3) is 305. The second-order valence-corrected chi connectivity index (χ2v) is 20.5. The van der Waals surface area contributed by atoms with Crippen LogP contribution in [0.4, 0.5) is 0 Å². The highest BCUT2D eigenvalue weighted by Crippen LogP contribution is 2.01. The van der Waals surface area contributed by atoms with Crippen LogP contribution in [0, 0.1) is 0 Å². The number of hydrogen-bond acceptors (Lipinski definition) is 0. The Kier molecular flexibility index (Phi) is 278. The van der Waals surface area contributed by atoms with E-state index >= 15 is 0 Å². The van der Waals surface area contributed by atoms with E-state index < -0.39 is 0 Å². The van der Waals surface area contributed by atoms with Gasteiger partial charge in [-0.2, -0.15) is 0 Å². The highest BCUT2D eigenvalue weighted by molar-refractivity contribution is 4.37. The molecule has 0 bridgehead atoms. The topological polar surface area (TPSA) is 126 Å². The van der Waals surface area contributed by atoms with Gasteiger partial charge in [-0.15, -0.1) is 0 Å². The van der Waals surface area contributed by atoms with E-state index in [-0.39, 0.29) is 21.9 Å². The smallest absolute Gasteiger partial charge is 0.0536 e. The molecule has 76 heavy (non-hydrogen) atoms. The van der Waals surface area contributed by atoms with Crippen LogP contribution in [0.25, 0.3) is 0 Å². The summed E-state index contributed by atoms with van der Waals surface area (Å²) in [7, 11) is 0. The fourth-order valence-electron chi connectivity index (χ4n) is 6.00. The van der Waals surface area contributed by atoms with E-state index in [0.29, 0.717) is 0 Å². The minimum Gasteiger partial charge on any atom is -0.412 e. The van der Waals surface area contributed by atoms with Crippen molar-refractivity contribution in [2.24, 2.45) is 0 Å². The molecule has 0 spiro atoms. The monoisotopic (exact) mass is 1110 g/mol. The van der Waals surface area contributed by atoms with E-state index in [1.54, 1.807) is 0 Å². The lowest BCUT2D eigenvalue weighted by molar-refractivity contribution is 0.702. The minimum atomic E-state index is 0. The van der Waals surface area contributed by atoms with Gasteiger partial charge in [0.2, 0.25) is 0 Å². The Bertz CT molecular complexity index is 339. The molecule has 0 aromatic heterocycles. The SMILES string of the molecule is CCCCCC.CCCCCC.CCCCCC.CCCCCC.CCCCCC.CCCCCC.CCCCCC.CCCCCC.CCCCCC.CCCCCC.CCCCCC.CCCCCC.O.O.O.O. The Balaban J connectivity index is -0.0000000367. The Morgan fingerprint density at radius 3 is 0.118 bits per heavy atom. The van der Waals surface area contributed by atoms with Crippen molar-refractivity contribution in [1.82, 2.24) is 0 Å². The second kappa shape index (κ2) is 178. The Morgan fingerprint density at radius 1 is 0.0789 bits per heavy atom. The summed E-state index contributed by atoms with van der Waals surface area (Å²) in [6, 6.07) is 0. The van der Waals surface area contributed by atoms with Gasteiger partial charge in [0, 0.05) is 0 Å². The average molecular weight is 1110 g/mol. The molecule has 0 aliphatic carbocycles. The molecule has 0 aromatic rings. The largest absolute Gasteiger partial charge is 0.412 e. The van der Waals surface area contributed by atoms with Crippen LogP contribution in [0.1, 0.15) is 474 Å². The van der Waals surface area contributed by atoms with Gasteiger partial charge < -0.3 is 21.9 Å². The lowest BCUT2D eigenvalue weighted by atomic mass is 10.2. The molecular weight excluding hydrogens is 929 g/mol. The normalized spacial score (nSPS) is 8.53. The number of unbranched alkanes of at least 4 members (excludes halogenated alkanes) is 36. The van der Waals surface area contributed by atoms with Gasteiger partial charge in [-0.3, -0.25) is 0 Å². The van der Waals surface area contributed by atoms with Crippen LogP contribution in [0.15, 0.2) is 0 Å². The first-order valence-electron chi connectivity index (χ1n) is 35.0. The third-order valence-electron chi connectivity index (χ3n) is 11.5. The van der Waals surface area contributed by atoms with Gasteiger partial charge in [0.25, 0.3) is 0 Å². The molecule has 0 rings (SSSR count). The summed E-state index contributed by atoms with van der Waals surface area (Å²) < 4.78 is 0. The van der Waals surface area contributed by atoms with Crippen LogP contribution in [0.5, 0.6) is 0 Å². The maximum atomic E-state index is 2.23.